The maximum absolute atomic E-state index is 12.3. The van der Waals surface area contributed by atoms with Crippen molar-refractivity contribution in [1.29, 1.82) is 0 Å². The van der Waals surface area contributed by atoms with Crippen LogP contribution in [0.5, 0.6) is 0 Å². The first-order chi connectivity index (χ1) is 13.6. The minimum absolute atomic E-state index is 0.0456. The van der Waals surface area contributed by atoms with E-state index >= 15 is 0 Å². The molecule has 0 bridgehead atoms. The molecule has 28 heavy (non-hydrogen) atoms. The van der Waals surface area contributed by atoms with E-state index in [2.05, 4.69) is 29.3 Å². The average molecular weight is 409 g/mol. The van der Waals surface area contributed by atoms with Gasteiger partial charge in [-0.3, -0.25) is 14.9 Å². The SMILES string of the molecule is CCn1c(=NC(=O)C=Cc2ccc([N+](=O)[O-])s2)sc2c3ccccc3ccc21. The Kier molecular flexibility index (Phi) is 4.89. The minimum atomic E-state index is -0.445. The van der Waals surface area contributed by atoms with Crippen molar-refractivity contribution in [3.05, 3.63) is 74.4 Å². The number of benzene rings is 2. The highest BCUT2D eigenvalue weighted by Gasteiger charge is 2.10. The van der Waals surface area contributed by atoms with Crippen LogP contribution in [0.2, 0.25) is 0 Å². The summed E-state index contributed by atoms with van der Waals surface area (Å²) >= 11 is 2.51. The number of thiophene rings is 1. The van der Waals surface area contributed by atoms with Crippen molar-refractivity contribution in [3.63, 3.8) is 0 Å². The van der Waals surface area contributed by atoms with Gasteiger partial charge in [-0.2, -0.15) is 4.99 Å². The van der Waals surface area contributed by atoms with E-state index in [-0.39, 0.29) is 5.00 Å². The quantitative estimate of drug-likeness (QED) is 0.271. The number of thiazole rings is 1. The van der Waals surface area contributed by atoms with Gasteiger partial charge in [0.25, 0.3) is 5.91 Å². The molecule has 8 heteroatoms. The van der Waals surface area contributed by atoms with E-state index in [4.69, 9.17) is 0 Å². The van der Waals surface area contributed by atoms with Crippen LogP contribution in [-0.4, -0.2) is 15.4 Å². The highest BCUT2D eigenvalue weighted by atomic mass is 32.1. The molecule has 140 valence electrons. The van der Waals surface area contributed by atoms with Crippen LogP contribution in [0.15, 0.2) is 59.6 Å². The van der Waals surface area contributed by atoms with Crippen molar-refractivity contribution in [1.82, 2.24) is 4.57 Å². The average Bonchev–Trinajstić information content (AvgIpc) is 3.30. The first-order valence-electron chi connectivity index (χ1n) is 8.59. The van der Waals surface area contributed by atoms with Gasteiger partial charge in [-0.05, 0) is 30.5 Å². The third kappa shape index (κ3) is 3.39. The van der Waals surface area contributed by atoms with Gasteiger partial charge in [-0.15, -0.1) is 0 Å². The number of carbonyl (C=O) groups excluding carboxylic acids is 1. The maximum atomic E-state index is 12.3. The molecule has 1 amide bonds. The van der Waals surface area contributed by atoms with Gasteiger partial charge in [-0.25, -0.2) is 0 Å². The molecule has 4 aromatic rings. The number of amides is 1. The second-order valence-electron chi connectivity index (χ2n) is 5.98. The summed E-state index contributed by atoms with van der Waals surface area (Å²) in [6, 6.07) is 15.3. The molecule has 0 N–H and O–H groups in total. The lowest BCUT2D eigenvalue weighted by Crippen LogP contribution is -2.15. The highest BCUT2D eigenvalue weighted by Crippen LogP contribution is 2.28. The van der Waals surface area contributed by atoms with Gasteiger partial charge in [0, 0.05) is 29.0 Å². The van der Waals surface area contributed by atoms with Crippen LogP contribution in [0.1, 0.15) is 11.8 Å². The summed E-state index contributed by atoms with van der Waals surface area (Å²) in [6.45, 7) is 2.72. The fourth-order valence-electron chi connectivity index (χ4n) is 3.00. The number of nitrogens with zero attached hydrogens (tertiary/aromatic N) is 3. The Bertz CT molecular complexity index is 1310. The minimum Gasteiger partial charge on any atom is -0.317 e. The molecule has 4 rings (SSSR count). The zero-order valence-corrected chi connectivity index (χ0v) is 16.5. The normalized spacial score (nSPS) is 12.4. The predicted molar refractivity (Wildman–Crippen MR) is 114 cm³/mol. The molecule has 0 aliphatic rings. The Morgan fingerprint density at radius 1 is 1.18 bits per heavy atom. The van der Waals surface area contributed by atoms with Gasteiger partial charge in [-0.1, -0.05) is 53.0 Å². The molecule has 0 fully saturated rings. The fraction of sp³-hybridized carbons (Fsp3) is 0.100. The van der Waals surface area contributed by atoms with Crippen LogP contribution in [0.25, 0.3) is 27.1 Å². The van der Waals surface area contributed by atoms with Crippen molar-refractivity contribution >= 4 is 60.6 Å². The van der Waals surface area contributed by atoms with Gasteiger partial charge >= 0.3 is 5.00 Å². The first kappa shape index (κ1) is 18.3. The number of aryl methyl sites for hydroxylation is 1. The molecule has 2 aromatic carbocycles. The number of nitro groups is 1. The Labute approximate surface area is 167 Å². The van der Waals surface area contributed by atoms with E-state index in [0.29, 0.717) is 16.2 Å². The molecule has 6 nitrogen and oxygen atoms in total. The Hall–Kier alpha value is -3.10. The lowest BCUT2D eigenvalue weighted by atomic mass is 10.1. The molecule has 0 radical (unpaired) electrons. The zero-order chi connectivity index (χ0) is 19.7. The number of aromatic nitrogens is 1. The topological polar surface area (TPSA) is 77.5 Å². The molecule has 0 aliphatic carbocycles. The Balaban J connectivity index is 1.73. The molecule has 0 aliphatic heterocycles. The molecule has 0 spiro atoms. The van der Waals surface area contributed by atoms with Crippen molar-refractivity contribution in [2.75, 3.05) is 0 Å². The highest BCUT2D eigenvalue weighted by molar-refractivity contribution is 7.17. The van der Waals surface area contributed by atoms with Crippen LogP contribution in [-0.2, 0) is 11.3 Å². The fourth-order valence-corrected chi connectivity index (χ4v) is 4.96. The molecular weight excluding hydrogens is 394 g/mol. The van der Waals surface area contributed by atoms with E-state index in [1.165, 1.54) is 23.5 Å². The molecule has 0 saturated carbocycles. The lowest BCUT2D eigenvalue weighted by Gasteiger charge is -2.02. The van der Waals surface area contributed by atoms with Crippen LogP contribution < -0.4 is 4.80 Å². The number of carbonyl (C=O) groups is 1. The molecule has 2 heterocycles. The van der Waals surface area contributed by atoms with Gasteiger partial charge in [0.2, 0.25) is 0 Å². The van der Waals surface area contributed by atoms with E-state index in [1.54, 1.807) is 12.1 Å². The first-order valence-corrected chi connectivity index (χ1v) is 10.2. The van der Waals surface area contributed by atoms with Crippen LogP contribution in [0.4, 0.5) is 5.00 Å². The Morgan fingerprint density at radius 2 is 2.00 bits per heavy atom. The summed E-state index contributed by atoms with van der Waals surface area (Å²) in [5, 5.41) is 13.1. The van der Waals surface area contributed by atoms with Gasteiger partial charge < -0.3 is 4.57 Å². The number of hydrogen-bond acceptors (Lipinski definition) is 5. The molecule has 2 aromatic heterocycles. The van der Waals surface area contributed by atoms with Crippen molar-refractivity contribution in [2.24, 2.45) is 4.99 Å². The number of hydrogen-bond donors (Lipinski definition) is 0. The van der Waals surface area contributed by atoms with E-state index < -0.39 is 10.8 Å². The molecule has 0 atom stereocenters. The van der Waals surface area contributed by atoms with Crippen molar-refractivity contribution < 1.29 is 9.72 Å². The monoisotopic (exact) mass is 409 g/mol. The second-order valence-corrected chi connectivity index (χ2v) is 8.05. The third-order valence-corrected chi connectivity index (χ3v) is 6.41. The van der Waals surface area contributed by atoms with E-state index in [0.717, 1.165) is 32.3 Å². The summed E-state index contributed by atoms with van der Waals surface area (Å²) in [5.41, 5.74) is 1.05. The summed E-state index contributed by atoms with van der Waals surface area (Å²) in [5.74, 6) is -0.394. The Morgan fingerprint density at radius 3 is 2.75 bits per heavy atom. The largest absolute Gasteiger partial charge is 0.324 e. The standard InChI is InChI=1S/C20H15N3O3S2/c1-2-22-16-10-7-13-5-3-4-6-15(13)19(16)28-20(22)21-17(24)11-8-14-9-12-18(27-14)23(25)26/h3-12H,2H2,1H3. The summed E-state index contributed by atoms with van der Waals surface area (Å²) in [6.07, 6.45) is 2.90. The smallest absolute Gasteiger partial charge is 0.317 e. The third-order valence-electron chi connectivity index (χ3n) is 4.28. The molecule has 0 saturated heterocycles. The zero-order valence-electron chi connectivity index (χ0n) is 14.9. The van der Waals surface area contributed by atoms with Crippen LogP contribution in [0, 0.1) is 10.1 Å². The number of rotatable bonds is 4. The van der Waals surface area contributed by atoms with Crippen LogP contribution in [0.3, 0.4) is 0 Å². The van der Waals surface area contributed by atoms with Crippen molar-refractivity contribution in [2.45, 2.75) is 13.5 Å². The van der Waals surface area contributed by atoms with Crippen molar-refractivity contribution in [3.8, 4) is 0 Å². The summed E-state index contributed by atoms with van der Waals surface area (Å²) in [7, 11) is 0. The maximum Gasteiger partial charge on any atom is 0.324 e. The summed E-state index contributed by atoms with van der Waals surface area (Å²) in [4.78, 5) is 28.2. The summed E-state index contributed by atoms with van der Waals surface area (Å²) < 4.78 is 3.12. The molecular formula is C20H15N3O3S2. The van der Waals surface area contributed by atoms with Crippen LogP contribution >= 0.6 is 22.7 Å². The lowest BCUT2D eigenvalue weighted by molar-refractivity contribution is -0.380. The predicted octanol–water partition coefficient (Wildman–Crippen LogP) is 4.99. The molecule has 0 unspecified atom stereocenters. The van der Waals surface area contributed by atoms with Gasteiger partial charge in [0.05, 0.1) is 15.1 Å². The van der Waals surface area contributed by atoms with Gasteiger partial charge in [0.1, 0.15) is 0 Å². The number of fused-ring (bicyclic) bond motifs is 3. The van der Waals surface area contributed by atoms with E-state index in [1.807, 2.05) is 23.6 Å². The van der Waals surface area contributed by atoms with Gasteiger partial charge in [0.15, 0.2) is 4.80 Å². The van der Waals surface area contributed by atoms with E-state index in [9.17, 15) is 14.9 Å². The second kappa shape index (κ2) is 7.49.